The second kappa shape index (κ2) is 6.01. The highest BCUT2D eigenvalue weighted by Crippen LogP contribution is 2.37. The topological polar surface area (TPSA) is 70.7 Å². The van der Waals surface area contributed by atoms with Gasteiger partial charge in [-0.25, -0.2) is 0 Å². The zero-order valence-corrected chi connectivity index (χ0v) is 12.6. The maximum Gasteiger partial charge on any atom is 0.185 e. The van der Waals surface area contributed by atoms with Crippen molar-refractivity contribution in [1.82, 2.24) is 0 Å². The van der Waals surface area contributed by atoms with Gasteiger partial charge in [0.05, 0.1) is 5.56 Å². The van der Waals surface area contributed by atoms with E-state index in [-0.39, 0.29) is 16.9 Å². The van der Waals surface area contributed by atoms with Crippen molar-refractivity contribution in [1.29, 1.82) is 0 Å². The predicted molar refractivity (Wildman–Crippen MR) is 87.7 cm³/mol. The van der Waals surface area contributed by atoms with E-state index in [4.69, 9.17) is 4.42 Å². The van der Waals surface area contributed by atoms with E-state index >= 15 is 0 Å². The van der Waals surface area contributed by atoms with Crippen molar-refractivity contribution in [3.8, 4) is 22.8 Å². The Morgan fingerprint density at radius 1 is 1.00 bits per heavy atom. The lowest BCUT2D eigenvalue weighted by Gasteiger charge is -2.12. The Hall–Kier alpha value is -3.01. The van der Waals surface area contributed by atoms with Crippen LogP contribution >= 0.6 is 0 Å². The number of hydrogen-bond donors (Lipinski definition) is 2. The van der Waals surface area contributed by atoms with Crippen LogP contribution in [0, 0.1) is 6.92 Å². The Labute approximate surface area is 133 Å². The summed E-state index contributed by atoms with van der Waals surface area (Å²) in [6.07, 6.45) is 0.496. The summed E-state index contributed by atoms with van der Waals surface area (Å²) in [7, 11) is 0. The van der Waals surface area contributed by atoms with E-state index in [1.54, 1.807) is 13.0 Å². The van der Waals surface area contributed by atoms with E-state index in [0.717, 1.165) is 5.56 Å². The minimum Gasteiger partial charge on any atom is -0.508 e. The number of hydrogen-bond acceptors (Lipinski definition) is 4. The van der Waals surface area contributed by atoms with Gasteiger partial charge in [-0.2, -0.15) is 0 Å². The highest BCUT2D eigenvalue weighted by molar-refractivity contribution is 5.71. The average molecular weight is 308 g/mol. The first-order valence-corrected chi connectivity index (χ1v) is 7.24. The van der Waals surface area contributed by atoms with Gasteiger partial charge < -0.3 is 14.6 Å². The van der Waals surface area contributed by atoms with Crippen molar-refractivity contribution in [2.75, 3.05) is 0 Å². The van der Waals surface area contributed by atoms with Crippen LogP contribution in [0.15, 0.2) is 63.8 Å². The second-order valence-corrected chi connectivity index (χ2v) is 5.43. The van der Waals surface area contributed by atoms with Crippen LogP contribution in [0.25, 0.3) is 11.3 Å². The van der Waals surface area contributed by atoms with Crippen molar-refractivity contribution in [3.05, 3.63) is 81.7 Å². The van der Waals surface area contributed by atoms with Crippen molar-refractivity contribution in [3.63, 3.8) is 0 Å². The highest BCUT2D eigenvalue weighted by atomic mass is 16.3. The minimum atomic E-state index is -0.193. The third-order valence-electron chi connectivity index (χ3n) is 3.56. The molecule has 116 valence electrons. The average Bonchev–Trinajstić information content (AvgIpc) is 2.46. The molecule has 0 aliphatic rings. The lowest BCUT2D eigenvalue weighted by atomic mass is 9.96. The molecule has 1 heterocycles. The first-order valence-electron chi connectivity index (χ1n) is 7.24. The van der Waals surface area contributed by atoms with Crippen LogP contribution in [0.5, 0.6) is 11.5 Å². The standard InChI is InChI=1S/C19H16O4/c1-12-7-15(20)11-18(23-12)19-14(9-16(21)10-17(19)22)8-13-5-3-2-4-6-13/h2-7,9-11,21-22H,8H2,1H3. The van der Waals surface area contributed by atoms with Gasteiger partial charge in [-0.05, 0) is 30.5 Å². The van der Waals surface area contributed by atoms with Crippen molar-refractivity contribution < 1.29 is 14.6 Å². The highest BCUT2D eigenvalue weighted by Gasteiger charge is 2.16. The van der Waals surface area contributed by atoms with Crippen LogP contribution in [-0.2, 0) is 6.42 Å². The Balaban J connectivity index is 2.17. The molecule has 0 aliphatic heterocycles. The van der Waals surface area contributed by atoms with Gasteiger partial charge in [0.1, 0.15) is 23.0 Å². The Bertz CT molecular complexity index is 895. The van der Waals surface area contributed by atoms with Crippen LogP contribution < -0.4 is 5.43 Å². The molecule has 23 heavy (non-hydrogen) atoms. The van der Waals surface area contributed by atoms with Gasteiger partial charge in [-0.3, -0.25) is 4.79 Å². The molecule has 0 unspecified atom stereocenters. The fourth-order valence-corrected chi connectivity index (χ4v) is 2.64. The molecule has 1 aromatic heterocycles. The molecule has 0 fully saturated rings. The first-order chi connectivity index (χ1) is 11.0. The summed E-state index contributed by atoms with van der Waals surface area (Å²) in [6.45, 7) is 1.68. The fraction of sp³-hybridized carbons (Fsp3) is 0.105. The zero-order chi connectivity index (χ0) is 16.4. The summed E-state index contributed by atoms with van der Waals surface area (Å²) in [6, 6.07) is 15.2. The molecule has 0 radical (unpaired) electrons. The number of benzene rings is 2. The third kappa shape index (κ3) is 3.26. The van der Waals surface area contributed by atoms with E-state index in [2.05, 4.69) is 0 Å². The monoisotopic (exact) mass is 308 g/mol. The molecule has 0 bridgehead atoms. The molecule has 0 saturated heterocycles. The Morgan fingerprint density at radius 2 is 1.74 bits per heavy atom. The van der Waals surface area contributed by atoms with Crippen molar-refractivity contribution >= 4 is 0 Å². The summed E-state index contributed by atoms with van der Waals surface area (Å²) in [5.41, 5.74) is 1.94. The summed E-state index contributed by atoms with van der Waals surface area (Å²) in [5, 5.41) is 20.1. The summed E-state index contributed by atoms with van der Waals surface area (Å²) in [5.74, 6) is 0.598. The van der Waals surface area contributed by atoms with E-state index < -0.39 is 0 Å². The van der Waals surface area contributed by atoms with Crippen LogP contribution in [0.1, 0.15) is 16.9 Å². The van der Waals surface area contributed by atoms with Crippen LogP contribution in [-0.4, -0.2) is 10.2 Å². The molecule has 4 nitrogen and oxygen atoms in total. The van der Waals surface area contributed by atoms with Crippen LogP contribution in [0.3, 0.4) is 0 Å². The Morgan fingerprint density at radius 3 is 2.43 bits per heavy atom. The number of phenols is 2. The quantitative estimate of drug-likeness (QED) is 0.775. The second-order valence-electron chi connectivity index (χ2n) is 5.43. The van der Waals surface area contributed by atoms with Gasteiger partial charge in [0.15, 0.2) is 5.43 Å². The smallest absolute Gasteiger partial charge is 0.185 e. The molecular weight excluding hydrogens is 292 g/mol. The first kappa shape index (κ1) is 14.9. The molecule has 3 aromatic rings. The molecule has 0 saturated carbocycles. The van der Waals surface area contributed by atoms with Gasteiger partial charge in [0, 0.05) is 18.2 Å². The van der Waals surface area contributed by atoms with Gasteiger partial charge in [0.25, 0.3) is 0 Å². The molecule has 0 amide bonds. The van der Waals surface area contributed by atoms with E-state index in [1.807, 2.05) is 30.3 Å². The molecule has 0 aliphatic carbocycles. The van der Waals surface area contributed by atoms with E-state index in [9.17, 15) is 15.0 Å². The molecule has 0 spiro atoms. The maximum absolute atomic E-state index is 11.7. The van der Waals surface area contributed by atoms with E-state index in [0.29, 0.717) is 29.1 Å². The largest absolute Gasteiger partial charge is 0.508 e. The van der Waals surface area contributed by atoms with Gasteiger partial charge in [-0.1, -0.05) is 30.3 Å². The van der Waals surface area contributed by atoms with E-state index in [1.165, 1.54) is 18.2 Å². The number of phenolic OH excluding ortho intramolecular Hbond substituents is 2. The molecule has 2 aromatic carbocycles. The lowest BCUT2D eigenvalue weighted by Crippen LogP contribution is -2.00. The normalized spacial score (nSPS) is 10.7. The molecule has 0 atom stereocenters. The molecular formula is C19H16O4. The fourth-order valence-electron chi connectivity index (χ4n) is 2.64. The third-order valence-corrected chi connectivity index (χ3v) is 3.56. The molecule has 4 heteroatoms. The summed E-state index contributed by atoms with van der Waals surface area (Å²) in [4.78, 5) is 11.7. The van der Waals surface area contributed by atoms with Crippen LogP contribution in [0.2, 0.25) is 0 Å². The summed E-state index contributed by atoms with van der Waals surface area (Å²) >= 11 is 0. The minimum absolute atomic E-state index is 0.0350. The number of rotatable bonds is 3. The molecule has 2 N–H and O–H groups in total. The number of aryl methyl sites for hydroxylation is 1. The summed E-state index contributed by atoms with van der Waals surface area (Å²) < 4.78 is 5.60. The van der Waals surface area contributed by atoms with Gasteiger partial charge >= 0.3 is 0 Å². The number of aromatic hydroxyl groups is 2. The zero-order valence-electron chi connectivity index (χ0n) is 12.6. The SMILES string of the molecule is Cc1cc(=O)cc(-c2c(O)cc(O)cc2Cc2ccccc2)o1. The van der Waals surface area contributed by atoms with Gasteiger partial charge in [0.2, 0.25) is 0 Å². The van der Waals surface area contributed by atoms with Crippen molar-refractivity contribution in [2.24, 2.45) is 0 Å². The van der Waals surface area contributed by atoms with Crippen LogP contribution in [0.4, 0.5) is 0 Å². The lowest BCUT2D eigenvalue weighted by molar-refractivity contribution is 0.447. The maximum atomic E-state index is 11.7. The molecule has 3 rings (SSSR count). The van der Waals surface area contributed by atoms with Crippen molar-refractivity contribution in [2.45, 2.75) is 13.3 Å². The predicted octanol–water partition coefficient (Wildman–Crippen LogP) is 3.62. The Kier molecular flexibility index (Phi) is 3.89. The van der Waals surface area contributed by atoms with Gasteiger partial charge in [-0.15, -0.1) is 0 Å².